The van der Waals surface area contributed by atoms with Crippen molar-refractivity contribution < 1.29 is 21.6 Å². The van der Waals surface area contributed by atoms with Crippen LogP contribution in [0.5, 0.6) is 0 Å². The summed E-state index contributed by atoms with van der Waals surface area (Å²) in [6.07, 6.45) is -2.67. The Bertz CT molecular complexity index is 1210. The maximum Gasteiger partial charge on any atom is 0.416 e. The summed E-state index contributed by atoms with van der Waals surface area (Å²) in [5, 5.41) is 0. The number of rotatable bonds is 3. The summed E-state index contributed by atoms with van der Waals surface area (Å²) in [5.41, 5.74) is 2.68. The molecule has 1 heterocycles. The number of sulfonamides is 1. The minimum absolute atomic E-state index is 0.0869. The topological polar surface area (TPSA) is 37.4 Å². The van der Waals surface area contributed by atoms with Gasteiger partial charge in [-0.2, -0.15) is 13.2 Å². The molecule has 0 aliphatic carbocycles. The molecule has 0 unspecified atom stereocenters. The van der Waals surface area contributed by atoms with E-state index in [1.807, 2.05) is 6.92 Å². The SMILES string of the molecule is Cc1ccc(S(=O)(=O)N2CC=C(c3ccc(C(F)(F)F)cc3)c3ccccc32)cc1. The number of hydrogen-bond acceptors (Lipinski definition) is 2. The van der Waals surface area contributed by atoms with Crippen molar-refractivity contribution >= 4 is 21.3 Å². The third-order valence-electron chi connectivity index (χ3n) is 5.06. The maximum absolute atomic E-state index is 13.2. The highest BCUT2D eigenvalue weighted by Crippen LogP contribution is 2.39. The van der Waals surface area contributed by atoms with E-state index in [1.165, 1.54) is 16.4 Å². The normalized spacial score (nSPS) is 14.3. The molecule has 0 amide bonds. The van der Waals surface area contributed by atoms with Crippen LogP contribution < -0.4 is 4.31 Å². The van der Waals surface area contributed by atoms with Crippen molar-refractivity contribution in [2.45, 2.75) is 18.0 Å². The Morgan fingerprint density at radius 2 is 1.50 bits per heavy atom. The summed E-state index contributed by atoms with van der Waals surface area (Å²) in [6.45, 7) is 1.97. The van der Waals surface area contributed by atoms with Crippen molar-refractivity contribution in [3.63, 3.8) is 0 Å². The van der Waals surface area contributed by atoms with E-state index in [1.54, 1.807) is 54.6 Å². The predicted octanol–water partition coefficient (Wildman–Crippen LogP) is 5.65. The average Bonchev–Trinajstić information content (AvgIpc) is 2.72. The lowest BCUT2D eigenvalue weighted by Gasteiger charge is -2.30. The van der Waals surface area contributed by atoms with E-state index in [9.17, 15) is 21.6 Å². The molecule has 0 fully saturated rings. The number of anilines is 1. The van der Waals surface area contributed by atoms with Crippen molar-refractivity contribution in [2.24, 2.45) is 0 Å². The minimum atomic E-state index is -4.41. The lowest BCUT2D eigenvalue weighted by Crippen LogP contribution is -2.34. The molecule has 3 aromatic rings. The Balaban J connectivity index is 1.75. The van der Waals surface area contributed by atoms with Gasteiger partial charge in [-0.25, -0.2) is 8.42 Å². The fourth-order valence-corrected chi connectivity index (χ4v) is 4.90. The first-order valence-electron chi connectivity index (χ1n) is 9.24. The molecule has 0 spiro atoms. The first-order valence-corrected chi connectivity index (χ1v) is 10.7. The van der Waals surface area contributed by atoms with Crippen LogP contribution in [0.15, 0.2) is 83.8 Å². The molecule has 0 N–H and O–H groups in total. The van der Waals surface area contributed by atoms with Crippen LogP contribution in [-0.4, -0.2) is 15.0 Å². The molecule has 0 radical (unpaired) electrons. The lowest BCUT2D eigenvalue weighted by molar-refractivity contribution is -0.137. The Kier molecular flexibility index (Phi) is 4.94. The largest absolute Gasteiger partial charge is 0.416 e. The molecule has 4 rings (SSSR count). The molecule has 30 heavy (non-hydrogen) atoms. The molecule has 0 saturated carbocycles. The molecule has 0 aromatic heterocycles. The van der Waals surface area contributed by atoms with Crippen LogP contribution >= 0.6 is 0 Å². The predicted molar refractivity (Wildman–Crippen MR) is 111 cm³/mol. The van der Waals surface area contributed by atoms with E-state index in [-0.39, 0.29) is 11.4 Å². The van der Waals surface area contributed by atoms with Crippen molar-refractivity contribution in [1.82, 2.24) is 0 Å². The van der Waals surface area contributed by atoms with E-state index >= 15 is 0 Å². The maximum atomic E-state index is 13.2. The standard InChI is InChI=1S/C23H18F3NO2S/c1-16-6-12-19(13-7-16)30(28,29)27-15-14-20(21-4-2-3-5-22(21)27)17-8-10-18(11-9-17)23(24,25)26/h2-14H,15H2,1H3. The van der Waals surface area contributed by atoms with Crippen LogP contribution in [-0.2, 0) is 16.2 Å². The molecule has 1 aliphatic heterocycles. The molecule has 0 saturated heterocycles. The van der Waals surface area contributed by atoms with Crippen LogP contribution in [0, 0.1) is 6.92 Å². The van der Waals surface area contributed by atoms with Gasteiger partial charge in [-0.05, 0) is 48.4 Å². The average molecular weight is 429 g/mol. The van der Waals surface area contributed by atoms with Crippen molar-refractivity contribution in [1.29, 1.82) is 0 Å². The van der Waals surface area contributed by atoms with Crippen LogP contribution in [0.3, 0.4) is 0 Å². The van der Waals surface area contributed by atoms with Gasteiger partial charge in [0.1, 0.15) is 0 Å². The van der Waals surface area contributed by atoms with Crippen molar-refractivity contribution in [3.8, 4) is 0 Å². The first kappa shape index (κ1) is 20.2. The van der Waals surface area contributed by atoms with Crippen LogP contribution in [0.4, 0.5) is 18.9 Å². The molecule has 0 atom stereocenters. The zero-order valence-corrected chi connectivity index (χ0v) is 16.8. The molecule has 154 valence electrons. The number of nitrogens with zero attached hydrogens (tertiary/aromatic N) is 1. The van der Waals surface area contributed by atoms with Crippen LogP contribution in [0.25, 0.3) is 5.57 Å². The van der Waals surface area contributed by atoms with Gasteiger partial charge in [0.25, 0.3) is 10.0 Å². The second-order valence-electron chi connectivity index (χ2n) is 7.06. The fraction of sp³-hybridized carbons (Fsp3) is 0.130. The first-order chi connectivity index (χ1) is 14.2. The van der Waals surface area contributed by atoms with Gasteiger partial charge in [0.15, 0.2) is 0 Å². The van der Waals surface area contributed by atoms with Gasteiger partial charge in [0.2, 0.25) is 0 Å². The summed E-state index contributed by atoms with van der Waals surface area (Å²) in [7, 11) is -3.78. The zero-order chi connectivity index (χ0) is 21.5. The Labute approximate surface area is 173 Å². The van der Waals surface area contributed by atoms with Gasteiger partial charge in [-0.3, -0.25) is 4.31 Å². The second kappa shape index (κ2) is 7.32. The van der Waals surface area contributed by atoms with E-state index < -0.39 is 21.8 Å². The molecular formula is C23H18F3NO2S. The number of hydrogen-bond donors (Lipinski definition) is 0. The Hall–Kier alpha value is -3.06. The zero-order valence-electron chi connectivity index (χ0n) is 16.0. The molecule has 1 aliphatic rings. The molecule has 0 bridgehead atoms. The third kappa shape index (κ3) is 3.61. The van der Waals surface area contributed by atoms with E-state index in [4.69, 9.17) is 0 Å². The van der Waals surface area contributed by atoms with Gasteiger partial charge in [0, 0.05) is 5.56 Å². The highest BCUT2D eigenvalue weighted by molar-refractivity contribution is 7.92. The smallest absolute Gasteiger partial charge is 0.262 e. The molecule has 3 nitrogen and oxygen atoms in total. The number of halogens is 3. The monoisotopic (exact) mass is 429 g/mol. The van der Waals surface area contributed by atoms with Crippen molar-refractivity contribution in [2.75, 3.05) is 10.8 Å². The van der Waals surface area contributed by atoms with Gasteiger partial charge in [-0.15, -0.1) is 0 Å². The number of alkyl halides is 3. The number of para-hydroxylation sites is 1. The van der Waals surface area contributed by atoms with E-state index in [0.29, 0.717) is 22.4 Å². The van der Waals surface area contributed by atoms with Crippen molar-refractivity contribution in [3.05, 3.63) is 101 Å². The molecular weight excluding hydrogens is 411 g/mol. The summed E-state index contributed by atoms with van der Waals surface area (Å²) >= 11 is 0. The Morgan fingerprint density at radius 1 is 0.867 bits per heavy atom. The van der Waals surface area contributed by atoms with E-state index in [2.05, 4.69) is 0 Å². The summed E-state index contributed by atoms with van der Waals surface area (Å²) in [6, 6.07) is 18.5. The minimum Gasteiger partial charge on any atom is -0.262 e. The molecule has 3 aromatic carbocycles. The van der Waals surface area contributed by atoms with E-state index in [0.717, 1.165) is 17.7 Å². The van der Waals surface area contributed by atoms with Gasteiger partial charge >= 0.3 is 6.18 Å². The number of aryl methyl sites for hydroxylation is 1. The van der Waals surface area contributed by atoms with Gasteiger partial charge in [0.05, 0.1) is 22.7 Å². The Morgan fingerprint density at radius 3 is 2.13 bits per heavy atom. The highest BCUT2D eigenvalue weighted by Gasteiger charge is 2.32. The number of fused-ring (bicyclic) bond motifs is 1. The molecule has 7 heteroatoms. The highest BCUT2D eigenvalue weighted by atomic mass is 32.2. The fourth-order valence-electron chi connectivity index (χ4n) is 3.48. The third-order valence-corrected chi connectivity index (χ3v) is 6.85. The summed E-state index contributed by atoms with van der Waals surface area (Å²) < 4.78 is 66.4. The summed E-state index contributed by atoms with van der Waals surface area (Å²) in [4.78, 5) is 0.189. The van der Waals surface area contributed by atoms with Gasteiger partial charge < -0.3 is 0 Å². The van der Waals surface area contributed by atoms with Crippen LogP contribution in [0.2, 0.25) is 0 Å². The lowest BCUT2D eigenvalue weighted by atomic mass is 9.93. The second-order valence-corrected chi connectivity index (χ2v) is 8.92. The summed E-state index contributed by atoms with van der Waals surface area (Å²) in [5.74, 6) is 0. The van der Waals surface area contributed by atoms with Gasteiger partial charge in [-0.1, -0.05) is 54.1 Å². The quantitative estimate of drug-likeness (QED) is 0.539. The van der Waals surface area contributed by atoms with Crippen LogP contribution in [0.1, 0.15) is 22.3 Å². The number of benzene rings is 3.